The van der Waals surface area contributed by atoms with Crippen LogP contribution < -0.4 is 0 Å². The zero-order valence-corrected chi connectivity index (χ0v) is 20.2. The van der Waals surface area contributed by atoms with Crippen LogP contribution in [0, 0.1) is 45.9 Å². The lowest BCUT2D eigenvalue weighted by atomic mass is 10.0. The zero-order valence-electron chi connectivity index (χ0n) is 19.4. The molecule has 0 atom stereocenters. The van der Waals surface area contributed by atoms with E-state index in [1.165, 1.54) is 21.6 Å². The number of benzene rings is 2. The molecule has 5 nitrogen and oxygen atoms in total. The second kappa shape index (κ2) is 8.76. The summed E-state index contributed by atoms with van der Waals surface area (Å²) in [5.41, 5.74) is 8.88. The maximum atomic E-state index is 13.1. The quantitative estimate of drug-likeness (QED) is 0.444. The number of hydrogen-bond donors (Lipinski definition) is 0. The van der Waals surface area contributed by atoms with E-state index in [4.69, 9.17) is 0 Å². The van der Waals surface area contributed by atoms with Gasteiger partial charge in [0.05, 0.1) is 28.8 Å². The van der Waals surface area contributed by atoms with Crippen LogP contribution in [-0.4, -0.2) is 20.6 Å². The second-order valence-electron chi connectivity index (χ2n) is 8.45. The van der Waals surface area contributed by atoms with Crippen LogP contribution in [0.3, 0.4) is 0 Å². The van der Waals surface area contributed by atoms with Gasteiger partial charge in [0.1, 0.15) is 0 Å². The van der Waals surface area contributed by atoms with Crippen molar-refractivity contribution in [1.82, 2.24) is 9.47 Å². The van der Waals surface area contributed by atoms with E-state index in [9.17, 15) is 14.9 Å². The van der Waals surface area contributed by atoms with E-state index in [1.54, 1.807) is 30.3 Å². The molecule has 0 bridgehead atoms. The van der Waals surface area contributed by atoms with Gasteiger partial charge in [-0.3, -0.25) is 14.5 Å². The van der Waals surface area contributed by atoms with Gasteiger partial charge in [-0.15, -0.1) is 0 Å². The van der Waals surface area contributed by atoms with E-state index in [2.05, 4.69) is 43.5 Å². The van der Waals surface area contributed by atoms with E-state index >= 15 is 0 Å². The maximum absolute atomic E-state index is 13.1. The Balaban J connectivity index is 1.68. The highest BCUT2D eigenvalue weighted by Gasteiger charge is 2.35. The molecule has 0 aliphatic carbocycles. The van der Waals surface area contributed by atoms with Crippen molar-refractivity contribution in [2.75, 3.05) is 0 Å². The third-order valence-corrected chi connectivity index (χ3v) is 6.86. The molecule has 0 radical (unpaired) electrons. The van der Waals surface area contributed by atoms with Crippen molar-refractivity contribution >= 4 is 29.0 Å². The first-order valence-corrected chi connectivity index (χ1v) is 11.5. The van der Waals surface area contributed by atoms with Gasteiger partial charge in [-0.2, -0.15) is 5.26 Å². The molecule has 1 aliphatic heterocycles. The summed E-state index contributed by atoms with van der Waals surface area (Å²) in [6.45, 7) is 10.5. The van der Waals surface area contributed by atoms with Gasteiger partial charge >= 0.3 is 0 Å². The summed E-state index contributed by atoms with van der Waals surface area (Å²) >= 11 is 0.944. The Morgan fingerprint density at radius 1 is 1.00 bits per heavy atom. The molecule has 6 heteroatoms. The molecule has 4 rings (SSSR count). The maximum Gasteiger partial charge on any atom is 0.293 e. The third kappa shape index (κ3) is 4.12. The first-order chi connectivity index (χ1) is 15.7. The van der Waals surface area contributed by atoms with E-state index in [-0.39, 0.29) is 17.7 Å². The Bertz CT molecular complexity index is 1350. The molecule has 2 aromatic carbocycles. The Kier molecular flexibility index (Phi) is 6.01. The van der Waals surface area contributed by atoms with Gasteiger partial charge in [-0.05, 0) is 86.8 Å². The molecule has 1 aromatic heterocycles. The number of hydrogen-bond acceptors (Lipinski definition) is 4. The summed E-state index contributed by atoms with van der Waals surface area (Å²) in [5.74, 6) is -0.328. The smallest absolute Gasteiger partial charge is 0.293 e. The van der Waals surface area contributed by atoms with Gasteiger partial charge in [0.25, 0.3) is 11.1 Å². The monoisotopic (exact) mass is 455 g/mol. The minimum Gasteiger partial charge on any atom is -0.317 e. The number of carbonyl (C=O) groups excluding carboxylic acids is 2. The Hall–Kier alpha value is -3.56. The lowest BCUT2D eigenvalue weighted by Crippen LogP contribution is -2.27. The number of imide groups is 1. The molecule has 2 heterocycles. The van der Waals surface area contributed by atoms with E-state index in [0.29, 0.717) is 16.0 Å². The summed E-state index contributed by atoms with van der Waals surface area (Å²) in [4.78, 5) is 27.3. The summed E-state index contributed by atoms with van der Waals surface area (Å²) in [6, 6.07) is 15.5. The van der Waals surface area contributed by atoms with Crippen LogP contribution in [0.25, 0.3) is 11.8 Å². The first kappa shape index (κ1) is 22.6. The second-order valence-corrected chi connectivity index (χ2v) is 9.44. The number of thioether (sulfide) groups is 1. The SMILES string of the molecule is Cc1cc(C)c(-n2c(C)cc(/C=C3/SC(=O)N(Cc4ccccc4C#N)C3=O)c2C)c(C)c1. The van der Waals surface area contributed by atoms with Crippen LogP contribution >= 0.6 is 11.8 Å². The number of amides is 2. The van der Waals surface area contributed by atoms with Crippen LogP contribution in [0.5, 0.6) is 0 Å². The van der Waals surface area contributed by atoms with Gasteiger partial charge in [0.2, 0.25) is 0 Å². The van der Waals surface area contributed by atoms with Gasteiger partial charge in [-0.1, -0.05) is 35.9 Å². The van der Waals surface area contributed by atoms with E-state index < -0.39 is 0 Å². The largest absolute Gasteiger partial charge is 0.317 e. The van der Waals surface area contributed by atoms with E-state index in [0.717, 1.165) is 34.4 Å². The molecule has 1 saturated heterocycles. The number of carbonyl (C=O) groups is 2. The average Bonchev–Trinajstić information content (AvgIpc) is 3.18. The zero-order chi connectivity index (χ0) is 23.9. The minimum atomic E-state index is -0.328. The lowest BCUT2D eigenvalue weighted by molar-refractivity contribution is -0.123. The molecule has 1 fully saturated rings. The lowest BCUT2D eigenvalue weighted by Gasteiger charge is -2.17. The topological polar surface area (TPSA) is 66.1 Å². The number of aryl methyl sites for hydroxylation is 4. The van der Waals surface area contributed by atoms with Gasteiger partial charge in [-0.25, -0.2) is 0 Å². The van der Waals surface area contributed by atoms with Crippen molar-refractivity contribution in [2.45, 2.75) is 41.2 Å². The molecule has 0 N–H and O–H groups in total. The van der Waals surface area contributed by atoms with Crippen molar-refractivity contribution in [1.29, 1.82) is 5.26 Å². The normalized spacial score (nSPS) is 14.9. The highest BCUT2D eigenvalue weighted by molar-refractivity contribution is 8.18. The van der Waals surface area contributed by atoms with Gasteiger partial charge < -0.3 is 4.57 Å². The van der Waals surface area contributed by atoms with Crippen molar-refractivity contribution in [2.24, 2.45) is 0 Å². The molecule has 2 amide bonds. The molecular weight excluding hydrogens is 430 g/mol. The highest BCUT2D eigenvalue weighted by atomic mass is 32.2. The molecular formula is C27H25N3O2S. The van der Waals surface area contributed by atoms with Crippen LogP contribution in [-0.2, 0) is 11.3 Å². The third-order valence-electron chi connectivity index (χ3n) is 5.96. The molecule has 166 valence electrons. The Labute approximate surface area is 198 Å². The summed E-state index contributed by atoms with van der Waals surface area (Å²) < 4.78 is 2.21. The summed E-state index contributed by atoms with van der Waals surface area (Å²) in [7, 11) is 0. The average molecular weight is 456 g/mol. The van der Waals surface area contributed by atoms with Crippen LogP contribution in [0.15, 0.2) is 47.4 Å². The Morgan fingerprint density at radius 2 is 1.67 bits per heavy atom. The van der Waals surface area contributed by atoms with E-state index in [1.807, 2.05) is 19.9 Å². The predicted octanol–water partition coefficient (Wildman–Crippen LogP) is 6.13. The van der Waals surface area contributed by atoms with Crippen molar-refractivity contribution < 1.29 is 9.59 Å². The van der Waals surface area contributed by atoms with Crippen LogP contribution in [0.4, 0.5) is 4.79 Å². The fraction of sp³-hybridized carbons (Fsp3) is 0.222. The number of aromatic nitrogens is 1. The number of nitrogens with zero attached hydrogens (tertiary/aromatic N) is 3. The van der Waals surface area contributed by atoms with Crippen molar-refractivity contribution in [3.63, 3.8) is 0 Å². The van der Waals surface area contributed by atoms with Gasteiger partial charge in [0.15, 0.2) is 0 Å². The molecule has 1 aliphatic rings. The molecule has 3 aromatic rings. The van der Waals surface area contributed by atoms with Crippen molar-refractivity contribution in [3.8, 4) is 11.8 Å². The first-order valence-electron chi connectivity index (χ1n) is 10.7. The summed E-state index contributed by atoms with van der Waals surface area (Å²) in [5, 5.41) is 9.00. The summed E-state index contributed by atoms with van der Waals surface area (Å²) in [6.07, 6.45) is 1.80. The van der Waals surface area contributed by atoms with Crippen LogP contribution in [0.2, 0.25) is 0 Å². The fourth-order valence-electron chi connectivity index (χ4n) is 4.52. The Morgan fingerprint density at radius 3 is 2.33 bits per heavy atom. The number of rotatable bonds is 4. The highest BCUT2D eigenvalue weighted by Crippen LogP contribution is 2.35. The minimum absolute atomic E-state index is 0.0898. The molecule has 0 spiro atoms. The molecule has 0 saturated carbocycles. The fourth-order valence-corrected chi connectivity index (χ4v) is 5.35. The number of nitriles is 1. The molecule has 0 unspecified atom stereocenters. The van der Waals surface area contributed by atoms with Crippen molar-refractivity contribution in [3.05, 3.63) is 92.1 Å². The standard InChI is InChI=1S/C27H25N3O2S/c1-16-10-17(2)25(18(3)11-16)30-19(4)12-23(20(30)5)13-24-26(31)29(27(32)33-24)15-22-9-7-6-8-21(22)14-28/h6-13H,15H2,1-5H3/b24-13+. The predicted molar refractivity (Wildman–Crippen MR) is 132 cm³/mol. The van der Waals surface area contributed by atoms with Crippen LogP contribution in [0.1, 0.15) is 44.8 Å². The molecule has 33 heavy (non-hydrogen) atoms. The van der Waals surface area contributed by atoms with Gasteiger partial charge in [0, 0.05) is 11.4 Å².